The number of carboxylic acids is 2. The molecule has 0 fully saturated rings. The van der Waals surface area contributed by atoms with E-state index in [-0.39, 0.29) is 18.8 Å². The highest BCUT2D eigenvalue weighted by Crippen LogP contribution is 2.26. The number of aliphatic carboxylic acids is 2. The molecule has 0 saturated heterocycles. The molecule has 0 aliphatic heterocycles. The van der Waals surface area contributed by atoms with Crippen molar-refractivity contribution in [2.24, 2.45) is 5.92 Å². The highest BCUT2D eigenvalue weighted by atomic mass is 16.6. The van der Waals surface area contributed by atoms with Crippen molar-refractivity contribution >= 4 is 35.6 Å². The summed E-state index contributed by atoms with van der Waals surface area (Å²) in [6.45, 7) is 3.14. The van der Waals surface area contributed by atoms with E-state index in [2.05, 4.69) is 28.8 Å². The van der Waals surface area contributed by atoms with Crippen LogP contribution in [0.4, 0.5) is 0 Å². The molecule has 13 nitrogen and oxygen atoms in total. The number of amides is 1. The summed E-state index contributed by atoms with van der Waals surface area (Å²) in [4.78, 5) is 74.1. The largest absolute Gasteiger partial charge is 0.481 e. The summed E-state index contributed by atoms with van der Waals surface area (Å²) in [7, 11) is 1.05. The van der Waals surface area contributed by atoms with E-state index in [1.54, 1.807) is 31.2 Å². The number of benzene rings is 1. The second-order valence-electron chi connectivity index (χ2n) is 12.2. The molecular formula is C38H53NO12. The summed E-state index contributed by atoms with van der Waals surface area (Å²) in [5, 5.41) is 33.5. The lowest BCUT2D eigenvalue weighted by Gasteiger charge is -2.30. The third-order valence-electron chi connectivity index (χ3n) is 8.09. The number of carbonyl (C=O) groups is 6. The molecule has 4 N–H and O–H groups in total. The molecule has 0 aliphatic carbocycles. The zero-order valence-electron chi connectivity index (χ0n) is 29.9. The highest BCUT2D eigenvalue weighted by Gasteiger charge is 2.49. The first-order valence-electron chi connectivity index (χ1n) is 17.4. The van der Waals surface area contributed by atoms with Gasteiger partial charge in [0.05, 0.1) is 19.4 Å². The van der Waals surface area contributed by atoms with E-state index < -0.39 is 60.4 Å². The Labute approximate surface area is 300 Å². The summed E-state index contributed by atoms with van der Waals surface area (Å²) in [6.07, 6.45) is 11.0. The number of hydrogen-bond acceptors (Lipinski definition) is 10. The van der Waals surface area contributed by atoms with E-state index in [0.29, 0.717) is 37.0 Å². The number of rotatable bonds is 27. The first kappa shape index (κ1) is 44.3. The molecule has 0 aromatic heterocycles. The molecule has 0 aliphatic rings. The molecule has 0 unspecified atom stereocenters. The zero-order valence-corrected chi connectivity index (χ0v) is 29.9. The fourth-order valence-electron chi connectivity index (χ4n) is 5.08. The molecule has 1 aromatic rings. The number of unbranched alkanes of at least 4 members (excludes halogenated alkanes) is 8. The van der Waals surface area contributed by atoms with Gasteiger partial charge in [-0.15, -0.1) is 5.92 Å². The average Bonchev–Trinajstić information content (AvgIpc) is 3.10. The van der Waals surface area contributed by atoms with Gasteiger partial charge in [-0.25, -0.2) is 14.4 Å². The molecular weight excluding hydrogens is 662 g/mol. The minimum atomic E-state index is -3.06. The van der Waals surface area contributed by atoms with Crippen LogP contribution in [-0.2, 0) is 44.7 Å². The summed E-state index contributed by atoms with van der Waals surface area (Å²) in [6, 6.07) is 4.88. The van der Waals surface area contributed by atoms with Gasteiger partial charge in [0, 0.05) is 19.3 Å². The summed E-state index contributed by atoms with van der Waals surface area (Å²) < 4.78 is 14.6. The molecule has 0 radical (unpaired) electrons. The quantitative estimate of drug-likeness (QED) is 0.0429. The molecule has 0 bridgehead atoms. The zero-order chi connectivity index (χ0) is 38.1. The predicted octanol–water partition coefficient (Wildman–Crippen LogP) is 4.57. The third kappa shape index (κ3) is 18.2. The van der Waals surface area contributed by atoms with Crippen LogP contribution < -0.4 is 10.1 Å². The van der Waals surface area contributed by atoms with Crippen LogP contribution in [0.2, 0.25) is 0 Å². The van der Waals surface area contributed by atoms with Gasteiger partial charge in [0.1, 0.15) is 24.2 Å². The Morgan fingerprint density at radius 3 is 2.10 bits per heavy atom. The maximum absolute atomic E-state index is 13.5. The second-order valence-corrected chi connectivity index (χ2v) is 12.2. The van der Waals surface area contributed by atoms with Gasteiger partial charge < -0.3 is 34.8 Å². The summed E-state index contributed by atoms with van der Waals surface area (Å²) in [5.41, 5.74) is -2.55. The second kappa shape index (κ2) is 25.3. The number of Topliss-reactive ketones (excluding diaryl/α,β-unsaturated/α-hetero) is 1. The van der Waals surface area contributed by atoms with Crippen LogP contribution >= 0.6 is 0 Å². The van der Waals surface area contributed by atoms with Crippen molar-refractivity contribution in [2.45, 2.75) is 115 Å². The van der Waals surface area contributed by atoms with Crippen molar-refractivity contribution < 1.29 is 58.3 Å². The van der Waals surface area contributed by atoms with Crippen molar-refractivity contribution in [1.82, 2.24) is 5.32 Å². The van der Waals surface area contributed by atoms with Crippen LogP contribution in [0, 0.1) is 17.8 Å². The number of carbonyl (C=O) groups excluding carboxylic acids is 4. The molecule has 0 heterocycles. The highest BCUT2D eigenvalue weighted by molar-refractivity contribution is 5.95. The molecule has 1 aromatic carbocycles. The standard InChI is InChI=1S/C38H53NO12/c1-4-6-8-11-14-17-29(40)18-15-12-9-10-13-16-19-31(38(48,37(46)47)26-33(41)51-27-34(42)49-3)35(43)39-32(36(44)45)25-28-20-22-30(23-21-28)50-24-7-5-2/h16,19-23,31-32,48H,4,6,8-15,17-18,24-27H2,1-3H3,(H,39,43)(H,44,45)(H,46,47)/t31-,32+,38+/m1/s1. The first-order chi connectivity index (χ1) is 24.4. The number of ether oxygens (including phenoxy) is 3. The van der Waals surface area contributed by atoms with E-state index in [1.165, 1.54) is 12.5 Å². The van der Waals surface area contributed by atoms with E-state index in [9.17, 15) is 44.1 Å². The Balaban J connectivity index is 3.00. The summed E-state index contributed by atoms with van der Waals surface area (Å²) in [5.74, 6) is -2.46. The van der Waals surface area contributed by atoms with E-state index in [1.807, 2.05) is 0 Å². The Morgan fingerprint density at radius 1 is 0.902 bits per heavy atom. The topological polar surface area (TPSA) is 203 Å². The minimum Gasteiger partial charge on any atom is -0.481 e. The van der Waals surface area contributed by atoms with Gasteiger partial charge in [-0.05, 0) is 50.3 Å². The maximum Gasteiger partial charge on any atom is 0.344 e. The van der Waals surface area contributed by atoms with Gasteiger partial charge in [-0.2, -0.15) is 0 Å². The van der Waals surface area contributed by atoms with Crippen molar-refractivity contribution in [3.63, 3.8) is 0 Å². The number of aliphatic hydroxyl groups is 1. The monoisotopic (exact) mass is 715 g/mol. The van der Waals surface area contributed by atoms with Crippen LogP contribution in [0.25, 0.3) is 0 Å². The van der Waals surface area contributed by atoms with Crippen molar-refractivity contribution in [3.05, 3.63) is 42.0 Å². The lowest BCUT2D eigenvalue weighted by atomic mass is 9.82. The Bertz CT molecular complexity index is 1360. The van der Waals surface area contributed by atoms with Crippen molar-refractivity contribution in [2.75, 3.05) is 20.3 Å². The smallest absolute Gasteiger partial charge is 0.344 e. The van der Waals surface area contributed by atoms with Gasteiger partial charge in [0.15, 0.2) is 12.2 Å². The minimum absolute atomic E-state index is 0.168. The van der Waals surface area contributed by atoms with Crippen molar-refractivity contribution in [3.8, 4) is 17.6 Å². The number of hydrogen-bond donors (Lipinski definition) is 4. The van der Waals surface area contributed by atoms with Gasteiger partial charge in [0.25, 0.3) is 0 Å². The molecule has 51 heavy (non-hydrogen) atoms. The lowest BCUT2D eigenvalue weighted by Crippen LogP contribution is -2.55. The molecule has 1 amide bonds. The number of carboxylic acid groups (broad SMARTS) is 2. The van der Waals surface area contributed by atoms with E-state index >= 15 is 0 Å². The Kier molecular flexibility index (Phi) is 22.0. The third-order valence-corrected chi connectivity index (χ3v) is 8.09. The summed E-state index contributed by atoms with van der Waals surface area (Å²) >= 11 is 0. The SMILES string of the molecule is CC#CCOc1ccc(C[C@H](NC(=O)[C@@H](C=CCCCCCCC(=O)CCCCCCC)[C@@](O)(CC(=O)OCC(=O)OC)C(=O)O)C(=O)O)cc1. The van der Waals surface area contributed by atoms with E-state index in [0.717, 1.165) is 58.1 Å². The number of esters is 2. The van der Waals surface area contributed by atoms with Gasteiger partial charge in [-0.1, -0.05) is 75.7 Å². The van der Waals surface area contributed by atoms with Crippen LogP contribution in [0.5, 0.6) is 5.75 Å². The molecule has 1 rings (SSSR count). The number of allylic oxidation sites excluding steroid dienone is 1. The molecule has 282 valence electrons. The lowest BCUT2D eigenvalue weighted by molar-refractivity contribution is -0.175. The van der Waals surface area contributed by atoms with Crippen LogP contribution in [0.1, 0.15) is 103 Å². The van der Waals surface area contributed by atoms with Gasteiger partial charge in [-0.3, -0.25) is 14.4 Å². The van der Waals surface area contributed by atoms with Gasteiger partial charge >= 0.3 is 23.9 Å². The molecule has 3 atom stereocenters. The molecule has 13 heteroatoms. The Morgan fingerprint density at radius 2 is 1.53 bits per heavy atom. The first-order valence-corrected chi connectivity index (χ1v) is 17.4. The van der Waals surface area contributed by atoms with E-state index in [4.69, 9.17) is 9.47 Å². The van der Waals surface area contributed by atoms with Gasteiger partial charge in [0.2, 0.25) is 5.91 Å². The fourth-order valence-corrected chi connectivity index (χ4v) is 5.08. The Hall–Kier alpha value is -4.70. The fraction of sp³-hybridized carbons (Fsp3) is 0.579. The van der Waals surface area contributed by atoms with Crippen LogP contribution in [0.15, 0.2) is 36.4 Å². The van der Waals surface area contributed by atoms with Crippen LogP contribution in [0.3, 0.4) is 0 Å². The predicted molar refractivity (Wildman–Crippen MR) is 188 cm³/mol. The number of ketones is 1. The maximum atomic E-state index is 13.5. The number of methoxy groups -OCH3 is 1. The molecule has 0 spiro atoms. The van der Waals surface area contributed by atoms with Crippen LogP contribution in [-0.4, -0.2) is 82.9 Å². The number of nitrogens with one attached hydrogen (secondary N) is 1. The van der Waals surface area contributed by atoms with Crippen molar-refractivity contribution in [1.29, 1.82) is 0 Å². The molecule has 0 saturated carbocycles. The average molecular weight is 716 g/mol. The normalized spacial score (nSPS) is 13.2.